The van der Waals surface area contributed by atoms with Gasteiger partial charge >= 0.3 is 17.8 Å². The number of aryl methyl sites for hydroxylation is 1. The van der Waals surface area contributed by atoms with Gasteiger partial charge in [-0.25, -0.2) is 9.07 Å². The highest BCUT2D eigenvalue weighted by atomic mass is 19.4. The van der Waals surface area contributed by atoms with E-state index in [-0.39, 0.29) is 37.4 Å². The lowest BCUT2D eigenvalue weighted by Crippen LogP contribution is -2.48. The normalized spacial score (nSPS) is 22.1. The number of carbonyl (C=O) groups excluding carboxylic acids is 1. The third-order valence-corrected chi connectivity index (χ3v) is 3.73. The number of nitro groups is 1. The Morgan fingerprint density at radius 3 is 2.75 bits per heavy atom. The zero-order valence-electron chi connectivity index (χ0n) is 12.6. The van der Waals surface area contributed by atoms with E-state index in [1.54, 1.807) is 5.32 Å². The Labute approximate surface area is 133 Å². The third kappa shape index (κ3) is 3.74. The molecule has 0 aliphatic carbocycles. The maximum Gasteiger partial charge on any atom is 0.471 e. The second-order valence-corrected chi connectivity index (χ2v) is 5.42. The van der Waals surface area contributed by atoms with Crippen LogP contribution >= 0.6 is 0 Å². The predicted molar refractivity (Wildman–Crippen MR) is 74.2 cm³/mol. The Morgan fingerprint density at radius 1 is 1.50 bits per heavy atom. The molecule has 0 aromatic carbocycles. The van der Waals surface area contributed by atoms with Gasteiger partial charge in [-0.1, -0.05) is 0 Å². The van der Waals surface area contributed by atoms with Crippen molar-refractivity contribution in [3.8, 4) is 0 Å². The number of carbonyl (C=O) groups is 1. The lowest BCUT2D eigenvalue weighted by Gasteiger charge is -2.25. The van der Waals surface area contributed by atoms with Crippen LogP contribution in [0.15, 0.2) is 6.20 Å². The van der Waals surface area contributed by atoms with Gasteiger partial charge in [0.15, 0.2) is 0 Å². The molecule has 134 valence electrons. The molecule has 1 N–H and O–H groups in total. The van der Waals surface area contributed by atoms with E-state index < -0.39 is 29.2 Å². The summed E-state index contributed by atoms with van der Waals surface area (Å²) in [6.07, 6.45) is -5.63. The molecule has 0 spiro atoms. The summed E-state index contributed by atoms with van der Waals surface area (Å²) in [7, 11) is 1.45. The molecule has 1 fully saturated rings. The van der Waals surface area contributed by atoms with E-state index in [1.165, 1.54) is 16.6 Å². The number of halogens is 4. The van der Waals surface area contributed by atoms with Crippen molar-refractivity contribution in [2.75, 3.05) is 18.0 Å². The van der Waals surface area contributed by atoms with Crippen molar-refractivity contribution in [1.29, 1.82) is 0 Å². The van der Waals surface area contributed by atoms with Crippen LogP contribution in [-0.2, 0) is 11.8 Å². The quantitative estimate of drug-likeness (QED) is 0.502. The summed E-state index contributed by atoms with van der Waals surface area (Å²) < 4.78 is 52.4. The number of amides is 1. The van der Waals surface area contributed by atoms with Crippen LogP contribution < -0.4 is 10.2 Å². The van der Waals surface area contributed by atoms with E-state index in [9.17, 15) is 32.5 Å². The first-order chi connectivity index (χ1) is 11.1. The standard InChI is InChI=1S/C12H15F4N5O3/c1-19-10(9(5-17-19)21(23)24)20-4-2-3-8(7(13)6-20)18-11(22)12(14,15)16/h5,7-8H,2-4,6H2,1H3,(H,18,22)/t7-,8-/m0/s1. The van der Waals surface area contributed by atoms with Crippen molar-refractivity contribution < 1.29 is 27.3 Å². The van der Waals surface area contributed by atoms with Gasteiger partial charge in [-0.15, -0.1) is 0 Å². The maximum absolute atomic E-state index is 14.3. The zero-order valence-corrected chi connectivity index (χ0v) is 12.6. The molecule has 12 heteroatoms. The first-order valence-electron chi connectivity index (χ1n) is 7.04. The molecule has 1 amide bonds. The molecule has 1 aromatic heterocycles. The highest BCUT2D eigenvalue weighted by Gasteiger charge is 2.42. The lowest BCUT2D eigenvalue weighted by molar-refractivity contribution is -0.384. The molecule has 0 unspecified atom stereocenters. The second-order valence-electron chi connectivity index (χ2n) is 5.42. The minimum absolute atomic E-state index is 0.00879. The van der Waals surface area contributed by atoms with Crippen LogP contribution in [0.1, 0.15) is 12.8 Å². The molecule has 0 saturated carbocycles. The van der Waals surface area contributed by atoms with Crippen LogP contribution in [0.5, 0.6) is 0 Å². The molecule has 24 heavy (non-hydrogen) atoms. The Hall–Kier alpha value is -2.40. The van der Waals surface area contributed by atoms with E-state index in [2.05, 4.69) is 5.10 Å². The fourth-order valence-corrected chi connectivity index (χ4v) is 2.63. The fraction of sp³-hybridized carbons (Fsp3) is 0.667. The maximum atomic E-state index is 14.3. The van der Waals surface area contributed by atoms with E-state index in [0.717, 1.165) is 6.20 Å². The van der Waals surface area contributed by atoms with Crippen LogP contribution in [0.2, 0.25) is 0 Å². The van der Waals surface area contributed by atoms with Crippen molar-refractivity contribution in [2.24, 2.45) is 7.05 Å². The number of nitrogens with one attached hydrogen (secondary N) is 1. The molecule has 2 atom stereocenters. The largest absolute Gasteiger partial charge is 0.471 e. The van der Waals surface area contributed by atoms with Gasteiger partial charge in [0, 0.05) is 13.6 Å². The summed E-state index contributed by atoms with van der Waals surface area (Å²) in [4.78, 5) is 22.7. The molecule has 0 bridgehead atoms. The molecular formula is C12H15F4N5O3. The average Bonchev–Trinajstić information content (AvgIpc) is 2.76. The molecule has 1 aliphatic heterocycles. The molecule has 2 heterocycles. The van der Waals surface area contributed by atoms with Crippen LogP contribution in [-0.4, -0.2) is 52.1 Å². The highest BCUT2D eigenvalue weighted by Crippen LogP contribution is 2.30. The van der Waals surface area contributed by atoms with Gasteiger partial charge in [0.25, 0.3) is 0 Å². The molecule has 1 saturated heterocycles. The molecule has 1 aromatic rings. The van der Waals surface area contributed by atoms with Gasteiger partial charge in [-0.05, 0) is 12.8 Å². The van der Waals surface area contributed by atoms with Crippen LogP contribution in [0.25, 0.3) is 0 Å². The van der Waals surface area contributed by atoms with Crippen LogP contribution in [0.4, 0.5) is 29.1 Å². The first kappa shape index (κ1) is 17.9. The van der Waals surface area contributed by atoms with Crippen molar-refractivity contribution in [2.45, 2.75) is 31.2 Å². The first-order valence-corrected chi connectivity index (χ1v) is 7.04. The van der Waals surface area contributed by atoms with Gasteiger partial charge in [0.05, 0.1) is 17.5 Å². The van der Waals surface area contributed by atoms with Crippen LogP contribution in [0, 0.1) is 10.1 Å². The number of alkyl halides is 4. The van der Waals surface area contributed by atoms with Crippen molar-refractivity contribution in [1.82, 2.24) is 15.1 Å². The monoisotopic (exact) mass is 353 g/mol. The Kier molecular flexibility index (Phi) is 4.94. The number of anilines is 1. The molecule has 8 nitrogen and oxygen atoms in total. The number of rotatable bonds is 3. The van der Waals surface area contributed by atoms with E-state index >= 15 is 0 Å². The Morgan fingerprint density at radius 2 is 2.17 bits per heavy atom. The summed E-state index contributed by atoms with van der Waals surface area (Å²) in [5.41, 5.74) is -0.317. The van der Waals surface area contributed by atoms with Crippen molar-refractivity contribution in [3.05, 3.63) is 16.3 Å². The Balaban J connectivity index is 2.15. The minimum Gasteiger partial charge on any atom is -0.348 e. The van der Waals surface area contributed by atoms with Crippen LogP contribution in [0.3, 0.4) is 0 Å². The topological polar surface area (TPSA) is 93.3 Å². The minimum atomic E-state index is -5.09. The number of hydrogen-bond acceptors (Lipinski definition) is 5. The summed E-state index contributed by atoms with van der Waals surface area (Å²) in [5, 5.41) is 16.4. The van der Waals surface area contributed by atoms with Gasteiger partial charge in [-0.3, -0.25) is 14.9 Å². The molecule has 2 rings (SSSR count). The van der Waals surface area contributed by atoms with Gasteiger partial charge in [-0.2, -0.15) is 18.3 Å². The number of aromatic nitrogens is 2. The van der Waals surface area contributed by atoms with Crippen molar-refractivity contribution in [3.63, 3.8) is 0 Å². The Bertz CT molecular complexity index is 633. The lowest BCUT2D eigenvalue weighted by atomic mass is 10.1. The van der Waals surface area contributed by atoms with Crippen molar-refractivity contribution >= 4 is 17.4 Å². The number of hydrogen-bond donors (Lipinski definition) is 1. The highest BCUT2D eigenvalue weighted by molar-refractivity contribution is 5.82. The summed E-state index contributed by atoms with van der Waals surface area (Å²) in [6.45, 7) is -0.192. The van der Waals surface area contributed by atoms with Gasteiger partial charge in [0.2, 0.25) is 5.82 Å². The van der Waals surface area contributed by atoms with E-state index in [4.69, 9.17) is 0 Å². The average molecular weight is 353 g/mol. The van der Waals surface area contributed by atoms with Gasteiger partial charge in [0.1, 0.15) is 12.4 Å². The summed E-state index contributed by atoms with van der Waals surface area (Å²) in [5.74, 6) is -2.12. The van der Waals surface area contributed by atoms with E-state index in [0.29, 0.717) is 0 Å². The smallest absolute Gasteiger partial charge is 0.348 e. The second kappa shape index (κ2) is 6.61. The third-order valence-electron chi connectivity index (χ3n) is 3.73. The number of nitrogens with zero attached hydrogens (tertiary/aromatic N) is 4. The summed E-state index contributed by atoms with van der Waals surface area (Å²) in [6, 6.07) is -1.31. The van der Waals surface area contributed by atoms with E-state index in [1.807, 2.05) is 0 Å². The zero-order chi connectivity index (χ0) is 18.1. The summed E-state index contributed by atoms with van der Waals surface area (Å²) >= 11 is 0. The molecular weight excluding hydrogens is 338 g/mol. The molecule has 1 aliphatic rings. The van der Waals surface area contributed by atoms with Gasteiger partial charge < -0.3 is 10.2 Å². The SMILES string of the molecule is Cn1ncc([N+](=O)[O-])c1N1CCC[C@H](NC(=O)C(F)(F)F)[C@@H](F)C1. The molecule has 0 radical (unpaired) electrons. The predicted octanol–water partition coefficient (Wildman–Crippen LogP) is 1.31. The fourth-order valence-electron chi connectivity index (χ4n) is 2.63.